The van der Waals surface area contributed by atoms with Crippen LogP contribution in [-0.4, -0.2) is 15.9 Å². The Kier molecular flexibility index (Phi) is 7.77. The molecule has 54 heavy (non-hydrogen) atoms. The molecule has 1 aliphatic heterocycles. The summed E-state index contributed by atoms with van der Waals surface area (Å²) in [6.07, 6.45) is -0.304. The van der Waals surface area contributed by atoms with Crippen LogP contribution in [0.5, 0.6) is 0 Å². The number of hydrogen-bond acceptors (Lipinski definition) is 6. The molecule has 0 radical (unpaired) electrons. The summed E-state index contributed by atoms with van der Waals surface area (Å²) in [7, 11) is 0. The van der Waals surface area contributed by atoms with Crippen LogP contribution in [0.4, 0.5) is 0 Å². The largest absolute Gasteiger partial charge is 0.456 e. The van der Waals surface area contributed by atoms with Gasteiger partial charge in [-0.2, -0.15) is 0 Å². The van der Waals surface area contributed by atoms with E-state index in [1.807, 2.05) is 78.9 Å². The average Bonchev–Trinajstić information content (AvgIpc) is 3.90. The van der Waals surface area contributed by atoms with Crippen LogP contribution < -0.4 is 5.43 Å². The Hall–Kier alpha value is -7.31. The topological polar surface area (TPSA) is 72.5 Å². The fraction of sp³-hybridized carbons (Fsp3) is 0.0208. The molecule has 1 atom stereocenters. The van der Waals surface area contributed by atoms with Crippen LogP contribution >= 0.6 is 0 Å². The van der Waals surface area contributed by atoms with E-state index in [1.165, 1.54) is 5.56 Å². The molecule has 1 unspecified atom stereocenters. The van der Waals surface area contributed by atoms with Crippen molar-refractivity contribution in [2.75, 3.05) is 0 Å². The predicted molar refractivity (Wildman–Crippen MR) is 216 cm³/mol. The monoisotopic (exact) mass is 696 g/mol. The lowest BCUT2D eigenvalue weighted by Gasteiger charge is -2.11. The van der Waals surface area contributed by atoms with Gasteiger partial charge in [0.05, 0.1) is 11.4 Å². The number of hydrazone groups is 1. The lowest BCUT2D eigenvalue weighted by molar-refractivity contribution is 0.192. The molecule has 0 saturated heterocycles. The van der Waals surface area contributed by atoms with Crippen LogP contribution in [0.25, 0.3) is 78.1 Å². The number of fused-ring (bicyclic) bond motifs is 3. The zero-order valence-corrected chi connectivity index (χ0v) is 29.1. The van der Waals surface area contributed by atoms with E-state index in [1.54, 1.807) is 0 Å². The molecule has 0 saturated carbocycles. The quantitative estimate of drug-likeness (QED) is 0.180. The van der Waals surface area contributed by atoms with Gasteiger partial charge in [-0.25, -0.2) is 9.97 Å². The van der Waals surface area contributed by atoms with Crippen molar-refractivity contribution in [1.82, 2.24) is 15.4 Å². The van der Waals surface area contributed by atoms with Gasteiger partial charge in [-0.1, -0.05) is 146 Å². The van der Waals surface area contributed by atoms with Crippen molar-refractivity contribution in [3.8, 4) is 56.2 Å². The number of ether oxygens (including phenoxy) is 1. The summed E-state index contributed by atoms with van der Waals surface area (Å²) < 4.78 is 12.6. The van der Waals surface area contributed by atoms with Crippen LogP contribution in [0.3, 0.4) is 0 Å². The highest BCUT2D eigenvalue weighted by Gasteiger charge is 2.22. The van der Waals surface area contributed by atoms with E-state index in [0.717, 1.165) is 77.8 Å². The molecule has 10 rings (SSSR count). The number of aromatic nitrogens is 2. The van der Waals surface area contributed by atoms with E-state index in [-0.39, 0.29) is 6.23 Å². The van der Waals surface area contributed by atoms with E-state index in [0.29, 0.717) is 11.7 Å². The molecule has 9 aromatic rings. The van der Waals surface area contributed by atoms with E-state index in [2.05, 4.69) is 114 Å². The van der Waals surface area contributed by atoms with Crippen molar-refractivity contribution < 1.29 is 9.15 Å². The minimum absolute atomic E-state index is 0.304. The van der Waals surface area contributed by atoms with Crippen LogP contribution in [-0.2, 0) is 4.74 Å². The SMILES string of the molecule is c1ccc(-c2ccc(-c3nc(-c4ccccc4)cc(-c4cccc5oc6ccc(-c7ccc(C8=NNC(c9ccccc9)O8)cc7)cc6c45)n3)cc2)cc1. The molecular formula is C48H32N4O2. The summed E-state index contributed by atoms with van der Waals surface area (Å²) in [5.74, 6) is 1.24. The number of nitrogens with zero attached hydrogens (tertiary/aromatic N) is 3. The van der Waals surface area contributed by atoms with Crippen molar-refractivity contribution in [2.45, 2.75) is 6.23 Å². The number of nitrogens with one attached hydrogen (secondary N) is 1. The van der Waals surface area contributed by atoms with Gasteiger partial charge >= 0.3 is 0 Å². The van der Waals surface area contributed by atoms with Crippen molar-refractivity contribution in [2.24, 2.45) is 5.10 Å². The Morgan fingerprint density at radius 1 is 0.444 bits per heavy atom. The molecule has 256 valence electrons. The molecule has 2 aromatic heterocycles. The van der Waals surface area contributed by atoms with Gasteiger partial charge in [0.15, 0.2) is 5.82 Å². The lowest BCUT2D eigenvalue weighted by atomic mass is 9.98. The number of rotatable bonds is 7. The molecule has 0 fully saturated rings. The Balaban J connectivity index is 1.03. The molecule has 1 N–H and O–H groups in total. The average molecular weight is 697 g/mol. The van der Waals surface area contributed by atoms with Gasteiger partial charge in [-0.05, 0) is 58.7 Å². The highest BCUT2D eigenvalue weighted by Crippen LogP contribution is 2.39. The molecule has 0 spiro atoms. The Morgan fingerprint density at radius 3 is 1.78 bits per heavy atom. The van der Waals surface area contributed by atoms with E-state index < -0.39 is 0 Å². The fourth-order valence-corrected chi connectivity index (χ4v) is 7.12. The zero-order chi connectivity index (χ0) is 35.8. The first-order valence-electron chi connectivity index (χ1n) is 18.0. The minimum atomic E-state index is -0.304. The molecule has 6 nitrogen and oxygen atoms in total. The highest BCUT2D eigenvalue weighted by atomic mass is 16.5. The van der Waals surface area contributed by atoms with Gasteiger partial charge < -0.3 is 9.15 Å². The Morgan fingerprint density at radius 2 is 1.04 bits per heavy atom. The summed E-state index contributed by atoms with van der Waals surface area (Å²) in [4.78, 5) is 10.3. The van der Waals surface area contributed by atoms with Crippen LogP contribution in [0.15, 0.2) is 192 Å². The predicted octanol–water partition coefficient (Wildman–Crippen LogP) is 11.7. The second-order valence-electron chi connectivity index (χ2n) is 13.3. The molecule has 3 heterocycles. The van der Waals surface area contributed by atoms with Gasteiger partial charge in [0.1, 0.15) is 11.2 Å². The van der Waals surface area contributed by atoms with Gasteiger partial charge in [0.2, 0.25) is 12.1 Å². The summed E-state index contributed by atoms with van der Waals surface area (Å²) in [6.45, 7) is 0. The normalized spacial score (nSPS) is 13.8. The van der Waals surface area contributed by atoms with E-state index >= 15 is 0 Å². The maximum absolute atomic E-state index is 6.44. The van der Waals surface area contributed by atoms with Gasteiger partial charge in [-0.15, -0.1) is 5.10 Å². The highest BCUT2D eigenvalue weighted by molar-refractivity contribution is 6.13. The minimum Gasteiger partial charge on any atom is -0.456 e. The third-order valence-corrected chi connectivity index (χ3v) is 9.90. The molecule has 0 bridgehead atoms. The number of hydrogen-bond donors (Lipinski definition) is 1. The number of furan rings is 1. The number of benzene rings is 7. The second kappa shape index (κ2) is 13.3. The molecule has 0 amide bonds. The van der Waals surface area contributed by atoms with Gasteiger partial charge in [0, 0.05) is 38.6 Å². The molecular weight excluding hydrogens is 665 g/mol. The van der Waals surface area contributed by atoms with E-state index in [9.17, 15) is 0 Å². The Bertz CT molecular complexity index is 2800. The molecule has 7 aromatic carbocycles. The first-order valence-corrected chi connectivity index (χ1v) is 18.0. The van der Waals surface area contributed by atoms with Crippen molar-refractivity contribution in [3.63, 3.8) is 0 Å². The second-order valence-corrected chi connectivity index (χ2v) is 13.3. The van der Waals surface area contributed by atoms with Crippen LogP contribution in [0, 0.1) is 0 Å². The summed E-state index contributed by atoms with van der Waals surface area (Å²) in [5, 5.41) is 6.50. The smallest absolute Gasteiger partial charge is 0.240 e. The third kappa shape index (κ3) is 5.86. The van der Waals surface area contributed by atoms with Crippen molar-refractivity contribution in [3.05, 3.63) is 193 Å². The summed E-state index contributed by atoms with van der Waals surface area (Å²) in [6, 6.07) is 62.1. The van der Waals surface area contributed by atoms with Crippen LogP contribution in [0.2, 0.25) is 0 Å². The fourth-order valence-electron chi connectivity index (χ4n) is 7.12. The first-order chi connectivity index (χ1) is 26.7. The summed E-state index contributed by atoms with van der Waals surface area (Å²) in [5.41, 5.74) is 15.8. The molecule has 6 heteroatoms. The lowest BCUT2D eigenvalue weighted by Crippen LogP contribution is -2.12. The zero-order valence-electron chi connectivity index (χ0n) is 29.1. The molecule has 0 aliphatic carbocycles. The third-order valence-electron chi connectivity index (χ3n) is 9.90. The molecule has 1 aliphatic rings. The van der Waals surface area contributed by atoms with Gasteiger partial charge in [-0.3, -0.25) is 5.43 Å². The Labute approximate surface area is 312 Å². The maximum Gasteiger partial charge on any atom is 0.240 e. The van der Waals surface area contributed by atoms with E-state index in [4.69, 9.17) is 19.1 Å². The standard InChI is InChI=1S/C48H32N4O2/c1-4-11-31(12-5-1)32-19-23-35(24-20-32)46-49-41(34-13-6-2-7-14-34)30-42(50-46)39-17-10-18-44-45(39)40-29-38(27-28-43(40)53-44)33-21-25-37(26-22-33)48-52-51-47(54-48)36-15-8-3-9-16-36/h1-30,47,51H. The first kappa shape index (κ1) is 31.4. The summed E-state index contributed by atoms with van der Waals surface area (Å²) >= 11 is 0. The van der Waals surface area contributed by atoms with Gasteiger partial charge in [0.25, 0.3) is 0 Å². The van der Waals surface area contributed by atoms with Crippen LogP contribution in [0.1, 0.15) is 17.4 Å². The maximum atomic E-state index is 6.44. The van der Waals surface area contributed by atoms with Crippen molar-refractivity contribution in [1.29, 1.82) is 0 Å². The van der Waals surface area contributed by atoms with Crippen molar-refractivity contribution >= 4 is 27.8 Å².